The van der Waals surface area contributed by atoms with E-state index >= 15 is 0 Å². The van der Waals surface area contributed by atoms with Crippen molar-refractivity contribution in [1.82, 2.24) is 4.90 Å². The van der Waals surface area contributed by atoms with Gasteiger partial charge in [0.25, 0.3) is 0 Å². The maximum atomic E-state index is 11.8. The first-order valence-corrected chi connectivity index (χ1v) is 6.15. The van der Waals surface area contributed by atoms with Crippen molar-refractivity contribution in [3.05, 3.63) is 35.9 Å². The van der Waals surface area contributed by atoms with E-state index in [1.54, 1.807) is 0 Å². The molecule has 1 aromatic carbocycles. The van der Waals surface area contributed by atoms with Crippen LogP contribution < -0.4 is 0 Å². The van der Waals surface area contributed by atoms with Crippen LogP contribution >= 0.6 is 0 Å². The standard InChI is InChI=1S/C14H21NO2/c1-2-15(9-6-10-16)12-14(17)11-13-7-4-3-5-8-13/h3-5,7-8,16H,2,6,9-12H2,1H3. The van der Waals surface area contributed by atoms with Crippen LogP contribution in [0.4, 0.5) is 0 Å². The number of hydrogen-bond acceptors (Lipinski definition) is 3. The molecule has 1 aromatic rings. The maximum absolute atomic E-state index is 11.8. The molecule has 0 aliphatic carbocycles. The van der Waals surface area contributed by atoms with E-state index in [9.17, 15) is 4.79 Å². The molecule has 0 atom stereocenters. The van der Waals surface area contributed by atoms with Crippen molar-refractivity contribution in [3.8, 4) is 0 Å². The van der Waals surface area contributed by atoms with E-state index in [1.165, 1.54) is 0 Å². The monoisotopic (exact) mass is 235 g/mol. The lowest BCUT2D eigenvalue weighted by atomic mass is 10.1. The Morgan fingerprint density at radius 3 is 2.59 bits per heavy atom. The first-order valence-electron chi connectivity index (χ1n) is 6.15. The van der Waals surface area contributed by atoms with Gasteiger partial charge in [0.15, 0.2) is 5.78 Å². The Hall–Kier alpha value is -1.19. The summed E-state index contributed by atoms with van der Waals surface area (Å²) in [6, 6.07) is 9.80. The van der Waals surface area contributed by atoms with Gasteiger partial charge in [0, 0.05) is 19.6 Å². The summed E-state index contributed by atoms with van der Waals surface area (Å²) in [6.07, 6.45) is 1.23. The lowest BCUT2D eigenvalue weighted by molar-refractivity contribution is -0.119. The van der Waals surface area contributed by atoms with E-state index < -0.39 is 0 Å². The zero-order chi connectivity index (χ0) is 12.5. The molecular weight excluding hydrogens is 214 g/mol. The molecule has 0 aliphatic rings. The van der Waals surface area contributed by atoms with Gasteiger partial charge in [-0.15, -0.1) is 0 Å². The summed E-state index contributed by atoms with van der Waals surface area (Å²) in [6.45, 7) is 4.33. The van der Waals surface area contributed by atoms with Gasteiger partial charge in [0.1, 0.15) is 0 Å². The van der Waals surface area contributed by atoms with Gasteiger partial charge in [0.2, 0.25) is 0 Å². The van der Waals surface area contributed by atoms with Crippen molar-refractivity contribution in [2.75, 3.05) is 26.2 Å². The molecule has 0 spiro atoms. The third-order valence-electron chi connectivity index (χ3n) is 2.72. The second-order valence-corrected chi connectivity index (χ2v) is 4.15. The fraction of sp³-hybridized carbons (Fsp3) is 0.500. The van der Waals surface area contributed by atoms with Gasteiger partial charge in [-0.25, -0.2) is 0 Å². The van der Waals surface area contributed by atoms with Crippen LogP contribution in [0.2, 0.25) is 0 Å². The largest absolute Gasteiger partial charge is 0.396 e. The summed E-state index contributed by atoms with van der Waals surface area (Å²) in [4.78, 5) is 13.9. The Labute approximate surface area is 103 Å². The van der Waals surface area contributed by atoms with Crippen molar-refractivity contribution in [1.29, 1.82) is 0 Å². The highest BCUT2D eigenvalue weighted by molar-refractivity contribution is 5.82. The summed E-state index contributed by atoms with van der Waals surface area (Å²) in [5, 5.41) is 8.77. The molecule has 3 nitrogen and oxygen atoms in total. The Balaban J connectivity index is 2.37. The molecule has 0 amide bonds. The molecule has 0 saturated carbocycles. The number of Topliss-reactive ketones (excluding diaryl/α,β-unsaturated/α-hetero) is 1. The molecule has 0 radical (unpaired) electrons. The highest BCUT2D eigenvalue weighted by Gasteiger charge is 2.09. The van der Waals surface area contributed by atoms with Crippen LogP contribution in [0, 0.1) is 0 Å². The molecule has 0 aromatic heterocycles. The van der Waals surface area contributed by atoms with Crippen molar-refractivity contribution in [2.45, 2.75) is 19.8 Å². The highest BCUT2D eigenvalue weighted by Crippen LogP contribution is 2.01. The van der Waals surface area contributed by atoms with Crippen LogP contribution in [0.3, 0.4) is 0 Å². The molecule has 0 fully saturated rings. The van der Waals surface area contributed by atoms with Crippen LogP contribution in [0.25, 0.3) is 0 Å². The van der Waals surface area contributed by atoms with E-state index in [1.807, 2.05) is 37.3 Å². The maximum Gasteiger partial charge on any atom is 0.151 e. The van der Waals surface area contributed by atoms with Gasteiger partial charge in [-0.1, -0.05) is 37.3 Å². The number of aliphatic hydroxyl groups excluding tert-OH is 1. The van der Waals surface area contributed by atoms with Crippen LogP contribution in [-0.2, 0) is 11.2 Å². The number of carbonyl (C=O) groups excluding carboxylic acids is 1. The Morgan fingerprint density at radius 1 is 1.29 bits per heavy atom. The molecule has 0 bridgehead atoms. The van der Waals surface area contributed by atoms with E-state index in [-0.39, 0.29) is 12.4 Å². The zero-order valence-corrected chi connectivity index (χ0v) is 10.4. The molecular formula is C14H21NO2. The van der Waals surface area contributed by atoms with E-state index in [0.29, 0.717) is 13.0 Å². The number of aliphatic hydroxyl groups is 1. The van der Waals surface area contributed by atoms with Crippen molar-refractivity contribution < 1.29 is 9.90 Å². The second kappa shape index (κ2) is 7.98. The normalized spacial score (nSPS) is 10.8. The quantitative estimate of drug-likeness (QED) is 0.742. The Kier molecular flexibility index (Phi) is 6.51. The number of benzene rings is 1. The first kappa shape index (κ1) is 13.9. The summed E-state index contributed by atoms with van der Waals surface area (Å²) in [7, 11) is 0. The average molecular weight is 235 g/mol. The second-order valence-electron chi connectivity index (χ2n) is 4.15. The predicted octanol–water partition coefficient (Wildman–Crippen LogP) is 1.50. The molecule has 0 aliphatic heterocycles. The summed E-state index contributed by atoms with van der Waals surface area (Å²) >= 11 is 0. The third-order valence-corrected chi connectivity index (χ3v) is 2.72. The third kappa shape index (κ3) is 5.61. The minimum atomic E-state index is 0.184. The van der Waals surface area contributed by atoms with Crippen LogP contribution in [0.15, 0.2) is 30.3 Å². The molecule has 0 unspecified atom stereocenters. The predicted molar refractivity (Wildman–Crippen MR) is 69.0 cm³/mol. The molecule has 0 heterocycles. The van der Waals surface area contributed by atoms with Crippen molar-refractivity contribution >= 4 is 5.78 Å². The molecule has 3 heteroatoms. The van der Waals surface area contributed by atoms with E-state index in [2.05, 4.69) is 4.90 Å². The van der Waals surface area contributed by atoms with E-state index in [4.69, 9.17) is 5.11 Å². The van der Waals surface area contributed by atoms with Crippen LogP contribution in [-0.4, -0.2) is 42.0 Å². The number of carbonyl (C=O) groups is 1. The smallest absolute Gasteiger partial charge is 0.151 e. The molecule has 94 valence electrons. The first-order chi connectivity index (χ1) is 8.26. The molecule has 17 heavy (non-hydrogen) atoms. The Bertz CT molecular complexity index is 324. The van der Waals surface area contributed by atoms with Gasteiger partial charge in [0.05, 0.1) is 6.54 Å². The van der Waals surface area contributed by atoms with E-state index in [0.717, 1.165) is 25.1 Å². The fourth-order valence-corrected chi connectivity index (χ4v) is 1.77. The molecule has 1 rings (SSSR count). The number of hydrogen-bond donors (Lipinski definition) is 1. The summed E-state index contributed by atoms with van der Waals surface area (Å²) < 4.78 is 0. The Morgan fingerprint density at radius 2 is 2.00 bits per heavy atom. The van der Waals surface area contributed by atoms with Gasteiger partial charge in [-0.3, -0.25) is 9.69 Å². The number of nitrogens with zero attached hydrogens (tertiary/aromatic N) is 1. The number of ketones is 1. The number of rotatable bonds is 8. The number of likely N-dealkylation sites (N-methyl/N-ethyl adjacent to an activating group) is 1. The lowest BCUT2D eigenvalue weighted by Gasteiger charge is -2.18. The summed E-state index contributed by atoms with van der Waals surface area (Å²) in [5.41, 5.74) is 1.07. The minimum Gasteiger partial charge on any atom is -0.396 e. The SMILES string of the molecule is CCN(CCCO)CC(=O)Cc1ccccc1. The topological polar surface area (TPSA) is 40.5 Å². The van der Waals surface area contributed by atoms with Gasteiger partial charge in [-0.05, 0) is 18.5 Å². The highest BCUT2D eigenvalue weighted by atomic mass is 16.3. The molecule has 0 saturated heterocycles. The fourth-order valence-electron chi connectivity index (χ4n) is 1.77. The van der Waals surface area contributed by atoms with Crippen molar-refractivity contribution in [3.63, 3.8) is 0 Å². The average Bonchev–Trinajstić information content (AvgIpc) is 2.35. The van der Waals surface area contributed by atoms with Gasteiger partial charge < -0.3 is 5.11 Å². The van der Waals surface area contributed by atoms with Gasteiger partial charge in [-0.2, -0.15) is 0 Å². The summed E-state index contributed by atoms with van der Waals surface area (Å²) in [5.74, 6) is 0.232. The van der Waals surface area contributed by atoms with Crippen LogP contribution in [0.1, 0.15) is 18.9 Å². The molecule has 1 N–H and O–H groups in total. The van der Waals surface area contributed by atoms with Crippen LogP contribution in [0.5, 0.6) is 0 Å². The zero-order valence-electron chi connectivity index (χ0n) is 10.4. The van der Waals surface area contributed by atoms with Gasteiger partial charge >= 0.3 is 0 Å². The van der Waals surface area contributed by atoms with Crippen molar-refractivity contribution in [2.24, 2.45) is 0 Å². The lowest BCUT2D eigenvalue weighted by Crippen LogP contribution is -2.31. The minimum absolute atomic E-state index is 0.184.